The number of nitrogen functional groups attached to an aromatic ring is 1. The number of thiazole rings is 2. The lowest BCUT2D eigenvalue weighted by atomic mass is 10.1. The molecule has 1 saturated carbocycles. The van der Waals surface area contributed by atoms with E-state index in [4.69, 9.17) is 10.5 Å². The number of nitrogens with zero attached hydrogens (tertiary/aromatic N) is 4. The summed E-state index contributed by atoms with van der Waals surface area (Å²) in [6, 6.07) is 7.86. The number of rotatable bonds is 5. The normalized spacial score (nSPS) is 20.7. The van der Waals surface area contributed by atoms with Crippen LogP contribution in [-0.4, -0.2) is 50.4 Å². The first-order valence-corrected chi connectivity index (χ1v) is 13.1. The van der Waals surface area contributed by atoms with Gasteiger partial charge >= 0.3 is 6.09 Å². The number of amides is 2. The molecule has 0 unspecified atom stereocenters. The third-order valence-corrected chi connectivity index (χ3v) is 8.41. The monoisotopic (exact) mass is 508 g/mol. The highest BCUT2D eigenvalue weighted by atomic mass is 32.1. The summed E-state index contributed by atoms with van der Waals surface area (Å²) >= 11 is 2.80. The molecule has 1 aromatic carbocycles. The molecule has 0 radical (unpaired) electrons. The fraction of sp³-hybridized carbons (Fsp3) is 0.333. The topological polar surface area (TPSA) is 115 Å². The maximum absolute atomic E-state index is 13.6. The molecule has 9 nitrogen and oxygen atoms in total. The average Bonchev–Trinajstić information content (AvgIpc) is 3.15. The van der Waals surface area contributed by atoms with Crippen molar-refractivity contribution in [2.75, 3.05) is 18.8 Å². The van der Waals surface area contributed by atoms with Gasteiger partial charge in [-0.1, -0.05) is 41.2 Å². The lowest BCUT2D eigenvalue weighted by Gasteiger charge is -2.27. The van der Waals surface area contributed by atoms with Crippen LogP contribution in [0.25, 0.3) is 15.4 Å². The van der Waals surface area contributed by atoms with Crippen molar-refractivity contribution in [1.29, 1.82) is 0 Å². The van der Waals surface area contributed by atoms with Gasteiger partial charge in [0, 0.05) is 24.7 Å². The molecule has 3 N–H and O–H groups in total. The molecule has 4 heterocycles. The molecule has 2 amide bonds. The van der Waals surface area contributed by atoms with E-state index in [0.29, 0.717) is 47.3 Å². The Kier molecular flexibility index (Phi) is 5.26. The zero-order valence-electron chi connectivity index (χ0n) is 19.2. The molecular formula is C24H24N6O3S2. The molecule has 3 atom stereocenters. The first-order chi connectivity index (χ1) is 16.9. The highest BCUT2D eigenvalue weighted by Gasteiger charge is 2.54. The van der Waals surface area contributed by atoms with E-state index >= 15 is 0 Å². The Morgan fingerprint density at radius 2 is 2.14 bits per heavy atom. The minimum Gasteiger partial charge on any atom is -0.391 e. The van der Waals surface area contributed by atoms with Crippen LogP contribution >= 0.6 is 22.7 Å². The first kappa shape index (κ1) is 22.1. The van der Waals surface area contributed by atoms with Gasteiger partial charge in [-0.25, -0.2) is 14.8 Å². The molecule has 4 aromatic rings. The van der Waals surface area contributed by atoms with Crippen molar-refractivity contribution in [3.05, 3.63) is 52.8 Å². The Labute approximate surface area is 209 Å². The molecule has 0 bridgehead atoms. The van der Waals surface area contributed by atoms with Crippen LogP contribution in [0.4, 0.5) is 9.93 Å². The molecule has 1 saturated heterocycles. The molecule has 2 aliphatic rings. The van der Waals surface area contributed by atoms with Crippen LogP contribution in [0, 0.1) is 25.7 Å². The fourth-order valence-electron chi connectivity index (χ4n) is 4.97. The summed E-state index contributed by atoms with van der Waals surface area (Å²) in [6.45, 7) is 4.79. The zero-order valence-corrected chi connectivity index (χ0v) is 20.9. The van der Waals surface area contributed by atoms with E-state index in [0.717, 1.165) is 27.4 Å². The number of benzene rings is 1. The summed E-state index contributed by atoms with van der Waals surface area (Å²) in [4.78, 5) is 38.4. The van der Waals surface area contributed by atoms with Crippen molar-refractivity contribution < 1.29 is 14.3 Å². The van der Waals surface area contributed by atoms with Gasteiger partial charge in [-0.15, -0.1) is 11.3 Å². The molecule has 2 fully saturated rings. The summed E-state index contributed by atoms with van der Waals surface area (Å²) in [5, 5.41) is 5.12. The van der Waals surface area contributed by atoms with E-state index in [9.17, 15) is 9.59 Å². The van der Waals surface area contributed by atoms with E-state index in [1.807, 2.05) is 47.7 Å². The van der Waals surface area contributed by atoms with Crippen molar-refractivity contribution in [3.8, 4) is 16.3 Å². The van der Waals surface area contributed by atoms with Crippen LogP contribution in [-0.2, 0) is 0 Å². The standard InChI is InChI=1S/C24H24N6O3S2/c1-12-4-3-5-14(8-12)19-18(28-22(25)35-19)20(31)30-11-15-9-16(15)17(30)10-26-24(32)33-21-13(2)27-23-29(21)6-7-34-23/h3-8,15-17H,9-11H2,1-2H3,(H2,25,28)(H,26,32)/t15-,16-,17+/m0/s1. The molecule has 0 spiro atoms. The largest absolute Gasteiger partial charge is 0.414 e. The second kappa shape index (κ2) is 8.35. The second-order valence-corrected chi connectivity index (χ2v) is 11.0. The fourth-order valence-corrected chi connectivity index (χ4v) is 6.55. The average molecular weight is 509 g/mol. The van der Waals surface area contributed by atoms with E-state index in [2.05, 4.69) is 15.3 Å². The number of carbonyl (C=O) groups is 2. The number of imidazole rings is 1. The number of nitrogens with one attached hydrogen (secondary N) is 1. The van der Waals surface area contributed by atoms with Crippen molar-refractivity contribution in [1.82, 2.24) is 24.6 Å². The molecule has 35 heavy (non-hydrogen) atoms. The number of aromatic nitrogens is 3. The number of hydrogen-bond acceptors (Lipinski definition) is 8. The summed E-state index contributed by atoms with van der Waals surface area (Å²) in [6.07, 6.45) is 2.32. The maximum atomic E-state index is 13.6. The zero-order chi connectivity index (χ0) is 24.3. The van der Waals surface area contributed by atoms with Crippen LogP contribution in [0.5, 0.6) is 5.88 Å². The van der Waals surface area contributed by atoms with Gasteiger partial charge in [0.1, 0.15) is 11.4 Å². The van der Waals surface area contributed by atoms with Gasteiger partial charge in [-0.2, -0.15) is 0 Å². The third-order valence-electron chi connectivity index (χ3n) is 6.72. The molecule has 6 rings (SSSR count). The molecule has 180 valence electrons. The van der Waals surface area contributed by atoms with Crippen LogP contribution in [0.15, 0.2) is 35.8 Å². The molecule has 3 aromatic heterocycles. The lowest BCUT2D eigenvalue weighted by molar-refractivity contribution is 0.0700. The van der Waals surface area contributed by atoms with Gasteiger partial charge in [-0.05, 0) is 37.7 Å². The minimum absolute atomic E-state index is 0.110. The Morgan fingerprint density at radius 3 is 2.97 bits per heavy atom. The van der Waals surface area contributed by atoms with Gasteiger partial charge in [0.2, 0.25) is 5.88 Å². The quantitative estimate of drug-likeness (QED) is 0.422. The van der Waals surface area contributed by atoms with Crippen molar-refractivity contribution >= 4 is 44.8 Å². The van der Waals surface area contributed by atoms with E-state index in [-0.39, 0.29) is 11.9 Å². The number of nitrogens with two attached hydrogens (primary N) is 1. The third kappa shape index (κ3) is 3.94. The van der Waals surface area contributed by atoms with Gasteiger partial charge in [0.05, 0.1) is 10.9 Å². The summed E-state index contributed by atoms with van der Waals surface area (Å²) in [5.74, 6) is 1.09. The Morgan fingerprint density at radius 1 is 1.29 bits per heavy atom. The minimum atomic E-state index is -0.559. The SMILES string of the molecule is Cc1cccc(-c2sc(N)nc2C(=O)N2C[C@@H]3C[C@@H]3[C@H]2CNC(=O)Oc2c(C)nc3sccn23)c1. The van der Waals surface area contributed by atoms with E-state index in [1.54, 1.807) is 11.3 Å². The predicted octanol–water partition coefficient (Wildman–Crippen LogP) is 3.97. The van der Waals surface area contributed by atoms with Crippen LogP contribution in [0.2, 0.25) is 0 Å². The number of ether oxygens (including phenoxy) is 1. The van der Waals surface area contributed by atoms with Gasteiger partial charge in [-0.3, -0.25) is 9.20 Å². The number of carbonyl (C=O) groups excluding carboxylic acids is 2. The molecule has 1 aliphatic carbocycles. The molecule has 1 aliphatic heterocycles. The first-order valence-electron chi connectivity index (χ1n) is 11.4. The van der Waals surface area contributed by atoms with Gasteiger partial charge in [0.25, 0.3) is 5.91 Å². The van der Waals surface area contributed by atoms with Crippen LogP contribution in [0.1, 0.15) is 28.2 Å². The number of anilines is 1. The molecule has 11 heteroatoms. The Balaban J connectivity index is 1.18. The maximum Gasteiger partial charge on any atom is 0.414 e. The number of hydrogen-bond donors (Lipinski definition) is 2. The lowest BCUT2D eigenvalue weighted by Crippen LogP contribution is -2.46. The number of aryl methyl sites for hydroxylation is 2. The smallest absolute Gasteiger partial charge is 0.391 e. The molecular weight excluding hydrogens is 484 g/mol. The van der Waals surface area contributed by atoms with Crippen molar-refractivity contribution in [2.45, 2.75) is 26.3 Å². The van der Waals surface area contributed by atoms with Gasteiger partial charge in [0.15, 0.2) is 10.1 Å². The summed E-state index contributed by atoms with van der Waals surface area (Å²) in [5.41, 5.74) is 9.08. The number of likely N-dealkylation sites (tertiary alicyclic amines) is 1. The van der Waals surface area contributed by atoms with E-state index in [1.165, 1.54) is 22.7 Å². The number of fused-ring (bicyclic) bond motifs is 2. The van der Waals surface area contributed by atoms with Crippen LogP contribution < -0.4 is 15.8 Å². The summed E-state index contributed by atoms with van der Waals surface area (Å²) < 4.78 is 7.32. The second-order valence-electron chi connectivity index (χ2n) is 9.11. The highest BCUT2D eigenvalue weighted by Crippen LogP contribution is 2.50. The summed E-state index contributed by atoms with van der Waals surface area (Å²) in [7, 11) is 0. The van der Waals surface area contributed by atoms with Crippen molar-refractivity contribution in [2.24, 2.45) is 11.8 Å². The Bertz CT molecular complexity index is 1460. The van der Waals surface area contributed by atoms with Crippen molar-refractivity contribution in [3.63, 3.8) is 0 Å². The van der Waals surface area contributed by atoms with Gasteiger partial charge < -0.3 is 20.7 Å². The van der Waals surface area contributed by atoms with Crippen LogP contribution in [0.3, 0.4) is 0 Å². The number of piperidine rings is 1. The Hall–Kier alpha value is -3.44. The highest BCUT2D eigenvalue weighted by molar-refractivity contribution is 7.19. The predicted molar refractivity (Wildman–Crippen MR) is 135 cm³/mol. The van der Waals surface area contributed by atoms with E-state index < -0.39 is 6.09 Å².